The summed E-state index contributed by atoms with van der Waals surface area (Å²) in [6.45, 7) is 11.3. The zero-order chi connectivity index (χ0) is 13.9. The van der Waals surface area contributed by atoms with E-state index in [1.807, 2.05) is 19.1 Å². The van der Waals surface area contributed by atoms with Crippen LogP contribution in [0.2, 0.25) is 0 Å². The first kappa shape index (κ1) is 14.6. The molecule has 0 aliphatic carbocycles. The Balaban J connectivity index is 2.69. The molecule has 0 aliphatic rings. The lowest BCUT2D eigenvalue weighted by atomic mass is 9.82. The first-order valence-corrected chi connectivity index (χ1v) is 6.36. The lowest BCUT2D eigenvalue weighted by molar-refractivity contribution is 0.0938. The van der Waals surface area contributed by atoms with Crippen LogP contribution >= 0.6 is 0 Å². The Bertz CT molecular complexity index is 433. The highest BCUT2D eigenvalue weighted by Crippen LogP contribution is 2.24. The van der Waals surface area contributed by atoms with Gasteiger partial charge in [0.25, 0.3) is 5.91 Å². The SMILES string of the molecule is Cc1ccc(N)c(C(=O)NCC(C)C(C)(C)C)c1. The van der Waals surface area contributed by atoms with Gasteiger partial charge in [0, 0.05) is 12.2 Å². The van der Waals surface area contributed by atoms with Crippen LogP contribution < -0.4 is 11.1 Å². The fourth-order valence-corrected chi connectivity index (χ4v) is 1.51. The van der Waals surface area contributed by atoms with Gasteiger partial charge in [0.1, 0.15) is 0 Å². The molecule has 3 N–H and O–H groups in total. The summed E-state index contributed by atoms with van der Waals surface area (Å²) in [6.07, 6.45) is 0. The Labute approximate surface area is 110 Å². The third-order valence-corrected chi connectivity index (χ3v) is 3.50. The van der Waals surface area contributed by atoms with E-state index in [2.05, 4.69) is 33.0 Å². The van der Waals surface area contributed by atoms with Crippen molar-refractivity contribution in [1.29, 1.82) is 0 Å². The molecule has 1 aromatic carbocycles. The Morgan fingerprint density at radius 3 is 2.56 bits per heavy atom. The number of amides is 1. The van der Waals surface area contributed by atoms with Crippen molar-refractivity contribution in [2.45, 2.75) is 34.6 Å². The molecule has 0 spiro atoms. The Morgan fingerprint density at radius 1 is 1.39 bits per heavy atom. The summed E-state index contributed by atoms with van der Waals surface area (Å²) in [5.74, 6) is 0.319. The summed E-state index contributed by atoms with van der Waals surface area (Å²) >= 11 is 0. The number of nitrogens with two attached hydrogens (primary N) is 1. The highest BCUT2D eigenvalue weighted by Gasteiger charge is 2.20. The highest BCUT2D eigenvalue weighted by molar-refractivity contribution is 5.99. The van der Waals surface area contributed by atoms with Crippen LogP contribution in [0.1, 0.15) is 43.6 Å². The minimum Gasteiger partial charge on any atom is -0.398 e. The molecule has 0 saturated carbocycles. The number of hydrogen-bond donors (Lipinski definition) is 2. The van der Waals surface area contributed by atoms with Crippen molar-refractivity contribution < 1.29 is 4.79 Å². The van der Waals surface area contributed by atoms with Crippen LogP contribution in [0.3, 0.4) is 0 Å². The molecule has 0 bridgehead atoms. The number of carbonyl (C=O) groups is 1. The summed E-state index contributed by atoms with van der Waals surface area (Å²) in [4.78, 5) is 12.1. The molecule has 0 heterocycles. The molecule has 3 heteroatoms. The molecule has 100 valence electrons. The van der Waals surface area contributed by atoms with E-state index in [1.165, 1.54) is 0 Å². The highest BCUT2D eigenvalue weighted by atomic mass is 16.1. The number of anilines is 1. The fourth-order valence-electron chi connectivity index (χ4n) is 1.51. The van der Waals surface area contributed by atoms with Crippen molar-refractivity contribution >= 4 is 11.6 Å². The number of nitrogen functional groups attached to an aromatic ring is 1. The Morgan fingerprint density at radius 2 is 2.00 bits per heavy atom. The van der Waals surface area contributed by atoms with E-state index in [0.29, 0.717) is 23.7 Å². The molecule has 18 heavy (non-hydrogen) atoms. The van der Waals surface area contributed by atoms with Crippen LogP contribution in [-0.2, 0) is 0 Å². The predicted molar refractivity (Wildman–Crippen MR) is 76.5 cm³/mol. The average molecular weight is 248 g/mol. The molecule has 0 fully saturated rings. The average Bonchev–Trinajstić information content (AvgIpc) is 2.27. The normalized spacial score (nSPS) is 13.2. The summed E-state index contributed by atoms with van der Waals surface area (Å²) in [5, 5.41) is 2.95. The van der Waals surface area contributed by atoms with E-state index in [-0.39, 0.29) is 11.3 Å². The number of nitrogens with one attached hydrogen (secondary N) is 1. The van der Waals surface area contributed by atoms with Crippen molar-refractivity contribution in [3.8, 4) is 0 Å². The number of aryl methyl sites for hydroxylation is 1. The van der Waals surface area contributed by atoms with Gasteiger partial charge in [-0.15, -0.1) is 0 Å². The molecule has 1 amide bonds. The monoisotopic (exact) mass is 248 g/mol. The van der Waals surface area contributed by atoms with Gasteiger partial charge in [-0.1, -0.05) is 39.3 Å². The maximum atomic E-state index is 12.1. The van der Waals surface area contributed by atoms with E-state index in [1.54, 1.807) is 6.07 Å². The molecule has 1 unspecified atom stereocenters. The standard InChI is InChI=1S/C15H24N2O/c1-10-6-7-13(16)12(8-10)14(18)17-9-11(2)15(3,4)5/h6-8,11H,9,16H2,1-5H3,(H,17,18). The van der Waals surface area contributed by atoms with Crippen molar-refractivity contribution in [1.82, 2.24) is 5.32 Å². The van der Waals surface area contributed by atoms with Gasteiger partial charge in [-0.05, 0) is 30.4 Å². The first-order chi connectivity index (χ1) is 8.21. The molecule has 1 rings (SSSR count). The molecule has 1 atom stereocenters. The summed E-state index contributed by atoms with van der Waals surface area (Å²) < 4.78 is 0. The zero-order valence-electron chi connectivity index (χ0n) is 12.0. The summed E-state index contributed by atoms with van der Waals surface area (Å²) in [6, 6.07) is 5.51. The topological polar surface area (TPSA) is 55.1 Å². The predicted octanol–water partition coefficient (Wildman–Crippen LogP) is 2.99. The van der Waals surface area contributed by atoms with Crippen molar-refractivity contribution in [2.75, 3.05) is 12.3 Å². The van der Waals surface area contributed by atoms with Crippen molar-refractivity contribution in [3.05, 3.63) is 29.3 Å². The second-order valence-electron chi connectivity index (χ2n) is 6.07. The van der Waals surface area contributed by atoms with E-state index < -0.39 is 0 Å². The molecule has 0 aliphatic heterocycles. The third kappa shape index (κ3) is 3.76. The summed E-state index contributed by atoms with van der Waals surface area (Å²) in [5.41, 5.74) is 8.14. The van der Waals surface area contributed by atoms with Crippen LogP contribution in [0.4, 0.5) is 5.69 Å². The van der Waals surface area contributed by atoms with Crippen molar-refractivity contribution in [2.24, 2.45) is 11.3 Å². The van der Waals surface area contributed by atoms with Crippen LogP contribution in [0.5, 0.6) is 0 Å². The Kier molecular flexibility index (Phi) is 4.38. The summed E-state index contributed by atoms with van der Waals surface area (Å²) in [7, 11) is 0. The molecular formula is C15H24N2O. The number of benzene rings is 1. The molecule has 1 aromatic rings. The minimum absolute atomic E-state index is 0.0905. The zero-order valence-corrected chi connectivity index (χ0v) is 12.0. The van der Waals surface area contributed by atoms with E-state index in [4.69, 9.17) is 5.73 Å². The van der Waals surface area contributed by atoms with Crippen LogP contribution in [0.15, 0.2) is 18.2 Å². The van der Waals surface area contributed by atoms with Gasteiger partial charge >= 0.3 is 0 Å². The van der Waals surface area contributed by atoms with Crippen LogP contribution in [0, 0.1) is 18.3 Å². The van der Waals surface area contributed by atoms with Gasteiger partial charge in [-0.2, -0.15) is 0 Å². The van der Waals surface area contributed by atoms with Crippen LogP contribution in [-0.4, -0.2) is 12.5 Å². The van der Waals surface area contributed by atoms with Crippen LogP contribution in [0.25, 0.3) is 0 Å². The molecule has 0 saturated heterocycles. The maximum absolute atomic E-state index is 12.1. The second kappa shape index (κ2) is 5.42. The minimum atomic E-state index is -0.0905. The lowest BCUT2D eigenvalue weighted by Gasteiger charge is -2.27. The number of carbonyl (C=O) groups excluding carboxylic acids is 1. The third-order valence-electron chi connectivity index (χ3n) is 3.50. The van der Waals surface area contributed by atoms with E-state index >= 15 is 0 Å². The number of hydrogen-bond acceptors (Lipinski definition) is 2. The second-order valence-corrected chi connectivity index (χ2v) is 6.07. The Hall–Kier alpha value is -1.51. The quantitative estimate of drug-likeness (QED) is 0.808. The largest absolute Gasteiger partial charge is 0.398 e. The van der Waals surface area contributed by atoms with E-state index in [0.717, 1.165) is 5.56 Å². The number of rotatable bonds is 3. The van der Waals surface area contributed by atoms with Gasteiger partial charge in [0.15, 0.2) is 0 Å². The molecule has 0 aromatic heterocycles. The van der Waals surface area contributed by atoms with Gasteiger partial charge < -0.3 is 11.1 Å². The van der Waals surface area contributed by atoms with Gasteiger partial charge in [-0.3, -0.25) is 4.79 Å². The smallest absolute Gasteiger partial charge is 0.253 e. The first-order valence-electron chi connectivity index (χ1n) is 6.36. The van der Waals surface area contributed by atoms with Crippen molar-refractivity contribution in [3.63, 3.8) is 0 Å². The fraction of sp³-hybridized carbons (Fsp3) is 0.533. The van der Waals surface area contributed by atoms with Gasteiger partial charge in [0.05, 0.1) is 5.56 Å². The maximum Gasteiger partial charge on any atom is 0.253 e. The van der Waals surface area contributed by atoms with Gasteiger partial charge in [-0.25, -0.2) is 0 Å². The molecule has 0 radical (unpaired) electrons. The van der Waals surface area contributed by atoms with E-state index in [9.17, 15) is 4.79 Å². The molecule has 3 nitrogen and oxygen atoms in total. The lowest BCUT2D eigenvalue weighted by Crippen LogP contribution is -2.34. The molecular weight excluding hydrogens is 224 g/mol. The van der Waals surface area contributed by atoms with Gasteiger partial charge in [0.2, 0.25) is 0 Å².